The highest BCUT2D eigenvalue weighted by molar-refractivity contribution is 5.93. The summed E-state index contributed by atoms with van der Waals surface area (Å²) in [6.07, 6.45) is 8.58. The van der Waals surface area contributed by atoms with Crippen molar-refractivity contribution in [3.63, 3.8) is 0 Å². The molecule has 1 atom stereocenters. The molecule has 7 heteroatoms. The molecule has 3 rings (SSSR count). The first kappa shape index (κ1) is 19.3. The Labute approximate surface area is 156 Å². The van der Waals surface area contributed by atoms with Crippen LogP contribution >= 0.6 is 0 Å². The number of nitrogens with zero attached hydrogens (tertiary/aromatic N) is 4. The van der Waals surface area contributed by atoms with Gasteiger partial charge in [-0.3, -0.25) is 4.79 Å². The zero-order valence-electron chi connectivity index (χ0n) is 16.5. The molecule has 0 aromatic carbocycles. The molecule has 2 N–H and O–H groups in total. The summed E-state index contributed by atoms with van der Waals surface area (Å²) in [6.45, 7) is 4.63. The summed E-state index contributed by atoms with van der Waals surface area (Å²) in [6, 6.07) is 0.737. The van der Waals surface area contributed by atoms with Crippen LogP contribution < -0.4 is 10.6 Å². The smallest absolute Gasteiger partial charge is 0.273 e. The molecule has 0 radical (unpaired) electrons. The van der Waals surface area contributed by atoms with E-state index >= 15 is 0 Å². The first-order valence-electron chi connectivity index (χ1n) is 10.1. The molecular formula is C19H34N6O. The highest BCUT2D eigenvalue weighted by Gasteiger charge is 2.27. The maximum Gasteiger partial charge on any atom is 0.273 e. The Hall–Kier alpha value is -1.47. The molecule has 1 aromatic rings. The first-order chi connectivity index (χ1) is 12.6. The average Bonchev–Trinajstić information content (AvgIpc) is 3.04. The van der Waals surface area contributed by atoms with Gasteiger partial charge in [0, 0.05) is 12.6 Å². The molecule has 0 bridgehead atoms. The Bertz CT molecular complexity index is 587. The largest absolute Gasteiger partial charge is 0.349 e. The molecule has 2 fully saturated rings. The third kappa shape index (κ3) is 4.43. The first-order valence-corrected chi connectivity index (χ1v) is 10.1. The molecule has 146 valence electrons. The third-order valence-corrected chi connectivity index (χ3v) is 6.13. The van der Waals surface area contributed by atoms with Gasteiger partial charge in [0.1, 0.15) is 0 Å². The third-order valence-electron chi connectivity index (χ3n) is 6.13. The van der Waals surface area contributed by atoms with Crippen LogP contribution in [0.15, 0.2) is 0 Å². The fourth-order valence-corrected chi connectivity index (χ4v) is 4.52. The number of hydrogen-bond donors (Lipinski definition) is 2. The van der Waals surface area contributed by atoms with Crippen molar-refractivity contribution in [3.05, 3.63) is 11.4 Å². The highest BCUT2D eigenvalue weighted by atomic mass is 16.2. The van der Waals surface area contributed by atoms with Gasteiger partial charge in [0.25, 0.3) is 5.91 Å². The lowest BCUT2D eigenvalue weighted by atomic mass is 9.83. The van der Waals surface area contributed by atoms with Gasteiger partial charge in [0.15, 0.2) is 5.69 Å². The number of carbonyl (C=O) groups is 1. The molecule has 26 heavy (non-hydrogen) atoms. The van der Waals surface area contributed by atoms with E-state index in [1.165, 1.54) is 32.1 Å². The predicted octanol–water partition coefficient (Wildman–Crippen LogP) is 1.75. The van der Waals surface area contributed by atoms with Crippen LogP contribution in [0.1, 0.15) is 67.2 Å². The molecule has 0 spiro atoms. The normalized spacial score (nSPS) is 21.1. The lowest BCUT2D eigenvalue weighted by Crippen LogP contribution is -2.45. The van der Waals surface area contributed by atoms with E-state index in [1.807, 2.05) is 11.6 Å². The Morgan fingerprint density at radius 3 is 2.58 bits per heavy atom. The minimum atomic E-state index is -0.0923. The molecule has 2 heterocycles. The maximum absolute atomic E-state index is 12.7. The SMILES string of the molecule is Cc1c(C(=O)NCC(C2CCCCC2)N(C)C)nnn1C1CCNCC1. The zero-order valence-corrected chi connectivity index (χ0v) is 16.5. The van der Waals surface area contributed by atoms with Gasteiger partial charge in [-0.25, -0.2) is 4.68 Å². The van der Waals surface area contributed by atoms with Crippen LogP contribution in [0.25, 0.3) is 0 Å². The van der Waals surface area contributed by atoms with E-state index in [2.05, 4.69) is 39.9 Å². The zero-order chi connectivity index (χ0) is 18.5. The van der Waals surface area contributed by atoms with E-state index in [1.54, 1.807) is 0 Å². The predicted molar refractivity (Wildman–Crippen MR) is 102 cm³/mol. The second-order valence-electron chi connectivity index (χ2n) is 8.09. The Morgan fingerprint density at radius 2 is 1.92 bits per heavy atom. The average molecular weight is 363 g/mol. The number of carbonyl (C=O) groups excluding carboxylic acids is 1. The summed E-state index contributed by atoms with van der Waals surface area (Å²) in [5.41, 5.74) is 1.36. The lowest BCUT2D eigenvalue weighted by molar-refractivity contribution is 0.0916. The maximum atomic E-state index is 12.7. The summed E-state index contributed by atoms with van der Waals surface area (Å²) >= 11 is 0. The molecule has 1 saturated heterocycles. The van der Waals surface area contributed by atoms with Crippen LogP contribution in [0.5, 0.6) is 0 Å². The van der Waals surface area contributed by atoms with Gasteiger partial charge in [-0.05, 0) is 65.7 Å². The molecule has 7 nitrogen and oxygen atoms in total. The quantitative estimate of drug-likeness (QED) is 0.806. The van der Waals surface area contributed by atoms with Crippen molar-refractivity contribution >= 4 is 5.91 Å². The van der Waals surface area contributed by atoms with Gasteiger partial charge in [-0.2, -0.15) is 0 Å². The molecule has 1 aliphatic heterocycles. The van der Waals surface area contributed by atoms with Crippen molar-refractivity contribution in [1.29, 1.82) is 0 Å². The summed E-state index contributed by atoms with van der Waals surface area (Å²) in [5.74, 6) is 0.580. The molecule has 1 saturated carbocycles. The summed E-state index contributed by atoms with van der Waals surface area (Å²) in [5, 5.41) is 15.0. The molecule has 1 aliphatic carbocycles. The molecule has 1 unspecified atom stereocenters. The monoisotopic (exact) mass is 362 g/mol. The van der Waals surface area contributed by atoms with Crippen LogP contribution in [0, 0.1) is 12.8 Å². The van der Waals surface area contributed by atoms with E-state index < -0.39 is 0 Å². The van der Waals surface area contributed by atoms with Gasteiger partial charge in [0.2, 0.25) is 0 Å². The highest BCUT2D eigenvalue weighted by Crippen LogP contribution is 2.28. The summed E-state index contributed by atoms with van der Waals surface area (Å²) in [4.78, 5) is 15.0. The fourth-order valence-electron chi connectivity index (χ4n) is 4.52. The van der Waals surface area contributed by atoms with E-state index in [0.29, 0.717) is 30.2 Å². The van der Waals surface area contributed by atoms with Crippen molar-refractivity contribution in [1.82, 2.24) is 30.5 Å². The van der Waals surface area contributed by atoms with Gasteiger partial charge >= 0.3 is 0 Å². The molecule has 2 aliphatic rings. The van der Waals surface area contributed by atoms with Gasteiger partial charge in [0.05, 0.1) is 11.7 Å². The summed E-state index contributed by atoms with van der Waals surface area (Å²) in [7, 11) is 4.23. The van der Waals surface area contributed by atoms with Crippen molar-refractivity contribution < 1.29 is 4.79 Å². The van der Waals surface area contributed by atoms with Crippen LogP contribution in [0.3, 0.4) is 0 Å². The minimum Gasteiger partial charge on any atom is -0.349 e. The van der Waals surface area contributed by atoms with Gasteiger partial charge < -0.3 is 15.5 Å². The summed E-state index contributed by atoms with van der Waals surface area (Å²) < 4.78 is 1.94. The van der Waals surface area contributed by atoms with Crippen LogP contribution in [-0.2, 0) is 0 Å². The standard InChI is InChI=1S/C19H34N6O/c1-14-18(22-23-25(14)16-9-11-20-12-10-16)19(26)21-13-17(24(2)3)15-7-5-4-6-8-15/h15-17,20H,4-13H2,1-3H3,(H,21,26). The number of piperidine rings is 1. The van der Waals surface area contributed by atoms with Crippen molar-refractivity contribution in [2.45, 2.75) is 64.0 Å². The lowest BCUT2D eigenvalue weighted by Gasteiger charge is -2.34. The van der Waals surface area contributed by atoms with Crippen molar-refractivity contribution in [3.8, 4) is 0 Å². The van der Waals surface area contributed by atoms with Crippen molar-refractivity contribution in [2.24, 2.45) is 5.92 Å². The van der Waals surface area contributed by atoms with E-state index in [0.717, 1.165) is 31.6 Å². The Morgan fingerprint density at radius 1 is 1.23 bits per heavy atom. The topological polar surface area (TPSA) is 75.1 Å². The van der Waals surface area contributed by atoms with E-state index in [-0.39, 0.29) is 5.91 Å². The molecular weight excluding hydrogens is 328 g/mol. The van der Waals surface area contributed by atoms with Crippen LogP contribution in [-0.4, -0.2) is 65.6 Å². The molecule has 1 amide bonds. The number of nitrogens with one attached hydrogen (secondary N) is 2. The number of amides is 1. The fraction of sp³-hybridized carbons (Fsp3) is 0.842. The second-order valence-corrected chi connectivity index (χ2v) is 8.09. The van der Waals surface area contributed by atoms with Gasteiger partial charge in [-0.15, -0.1) is 5.10 Å². The second kappa shape index (κ2) is 8.95. The minimum absolute atomic E-state index is 0.0923. The molecule has 1 aromatic heterocycles. The Kier molecular flexibility index (Phi) is 6.64. The van der Waals surface area contributed by atoms with E-state index in [9.17, 15) is 4.79 Å². The van der Waals surface area contributed by atoms with Crippen LogP contribution in [0.2, 0.25) is 0 Å². The van der Waals surface area contributed by atoms with Crippen LogP contribution in [0.4, 0.5) is 0 Å². The number of likely N-dealkylation sites (N-methyl/N-ethyl adjacent to an activating group) is 1. The van der Waals surface area contributed by atoms with Gasteiger partial charge in [-0.1, -0.05) is 24.5 Å². The van der Waals surface area contributed by atoms with Crippen molar-refractivity contribution in [2.75, 3.05) is 33.7 Å². The number of hydrogen-bond acceptors (Lipinski definition) is 5. The Balaban J connectivity index is 1.61. The number of rotatable bonds is 6. The number of aromatic nitrogens is 3. The van der Waals surface area contributed by atoms with E-state index in [4.69, 9.17) is 0 Å².